The summed E-state index contributed by atoms with van der Waals surface area (Å²) in [5.74, 6) is 0.427. The smallest absolute Gasteiger partial charge is 0.437 e. The third-order valence-electron chi connectivity index (χ3n) is 4.24. The number of imide groups is 1. The second kappa shape index (κ2) is 7.95. The Hall–Kier alpha value is -2.98. The van der Waals surface area contributed by atoms with Crippen molar-refractivity contribution in [3.8, 4) is 5.75 Å². The summed E-state index contributed by atoms with van der Waals surface area (Å²) in [5.41, 5.74) is -0.444. The molecule has 1 aliphatic rings. The van der Waals surface area contributed by atoms with Crippen LogP contribution >= 0.6 is 0 Å². The maximum absolute atomic E-state index is 13.0. The molecule has 1 aromatic carbocycles. The van der Waals surface area contributed by atoms with Crippen LogP contribution in [-0.4, -0.2) is 41.9 Å². The standard InChI is InChI=1S/C17H19F3N4O4/c1-2-4-10-12(6-5-11-13(10)28-23-14(11)17(18,19)20)27-8-3-7-24-9-21-15(25)22-16(24)26/h5-6H,2-4,7-9H2,1H3,(H2,21,22,25,26). The highest BCUT2D eigenvalue weighted by Crippen LogP contribution is 2.38. The normalized spacial score (nSPS) is 14.9. The molecule has 3 rings (SSSR count). The first-order valence-electron chi connectivity index (χ1n) is 8.76. The fourth-order valence-corrected chi connectivity index (χ4v) is 2.94. The largest absolute Gasteiger partial charge is 0.493 e. The molecule has 0 spiro atoms. The van der Waals surface area contributed by atoms with Crippen molar-refractivity contribution < 1.29 is 32.0 Å². The van der Waals surface area contributed by atoms with Gasteiger partial charge in [-0.2, -0.15) is 13.2 Å². The van der Waals surface area contributed by atoms with E-state index >= 15 is 0 Å². The first-order valence-corrected chi connectivity index (χ1v) is 8.76. The molecule has 1 fully saturated rings. The number of nitrogens with one attached hydrogen (secondary N) is 2. The summed E-state index contributed by atoms with van der Waals surface area (Å²) in [4.78, 5) is 24.1. The van der Waals surface area contributed by atoms with Crippen LogP contribution in [0.15, 0.2) is 16.7 Å². The van der Waals surface area contributed by atoms with Gasteiger partial charge in [-0.1, -0.05) is 18.5 Å². The molecule has 0 aliphatic carbocycles. The Morgan fingerprint density at radius 3 is 2.79 bits per heavy atom. The average molecular weight is 400 g/mol. The predicted molar refractivity (Wildman–Crippen MR) is 91.8 cm³/mol. The number of halogens is 3. The summed E-state index contributed by atoms with van der Waals surface area (Å²) in [6.45, 7) is 2.58. The molecule has 0 bridgehead atoms. The van der Waals surface area contributed by atoms with Crippen molar-refractivity contribution >= 4 is 23.0 Å². The Kier molecular flexibility index (Phi) is 5.61. The van der Waals surface area contributed by atoms with E-state index in [0.717, 1.165) is 0 Å². The number of hydrogen-bond donors (Lipinski definition) is 2. The summed E-state index contributed by atoms with van der Waals surface area (Å²) in [5, 5.41) is 7.71. The van der Waals surface area contributed by atoms with Crippen molar-refractivity contribution in [3.63, 3.8) is 0 Å². The third-order valence-corrected chi connectivity index (χ3v) is 4.24. The number of amides is 4. The van der Waals surface area contributed by atoms with Gasteiger partial charge in [-0.25, -0.2) is 9.59 Å². The number of alkyl halides is 3. The van der Waals surface area contributed by atoms with Crippen LogP contribution in [0.2, 0.25) is 0 Å². The number of rotatable bonds is 7. The molecule has 2 N–H and O–H groups in total. The Morgan fingerprint density at radius 1 is 1.32 bits per heavy atom. The average Bonchev–Trinajstić information content (AvgIpc) is 3.06. The molecule has 4 amide bonds. The van der Waals surface area contributed by atoms with E-state index in [4.69, 9.17) is 9.26 Å². The summed E-state index contributed by atoms with van der Waals surface area (Å²) >= 11 is 0. The number of carbonyl (C=O) groups excluding carboxylic acids is 2. The molecule has 0 unspecified atom stereocenters. The van der Waals surface area contributed by atoms with Gasteiger partial charge in [0.25, 0.3) is 0 Å². The lowest BCUT2D eigenvalue weighted by Crippen LogP contribution is -2.57. The number of aromatic nitrogens is 1. The number of carbonyl (C=O) groups is 2. The number of benzene rings is 1. The molecule has 2 heterocycles. The second-order valence-electron chi connectivity index (χ2n) is 6.26. The summed E-state index contributed by atoms with van der Waals surface area (Å²) in [6.07, 6.45) is -2.97. The lowest BCUT2D eigenvalue weighted by Gasteiger charge is -2.27. The van der Waals surface area contributed by atoms with Gasteiger partial charge in [0.05, 0.1) is 18.7 Å². The maximum Gasteiger partial charge on any atom is 0.437 e. The Labute approximate surface area is 158 Å². The van der Waals surface area contributed by atoms with E-state index in [1.807, 2.05) is 6.92 Å². The van der Waals surface area contributed by atoms with Crippen LogP contribution in [0.1, 0.15) is 31.0 Å². The maximum atomic E-state index is 13.0. The first-order chi connectivity index (χ1) is 13.3. The van der Waals surface area contributed by atoms with E-state index in [2.05, 4.69) is 15.8 Å². The number of aryl methyl sites for hydroxylation is 1. The number of nitrogens with zero attached hydrogens (tertiary/aromatic N) is 2. The number of urea groups is 2. The van der Waals surface area contributed by atoms with Gasteiger partial charge < -0.3 is 19.5 Å². The van der Waals surface area contributed by atoms with E-state index < -0.39 is 23.9 Å². The monoisotopic (exact) mass is 400 g/mol. The third kappa shape index (κ3) is 4.12. The van der Waals surface area contributed by atoms with Crippen LogP contribution in [0.3, 0.4) is 0 Å². The van der Waals surface area contributed by atoms with Gasteiger partial charge in [0.15, 0.2) is 11.3 Å². The zero-order valence-corrected chi connectivity index (χ0v) is 15.1. The van der Waals surface area contributed by atoms with Crippen molar-refractivity contribution in [1.82, 2.24) is 20.7 Å². The molecule has 1 aromatic heterocycles. The highest BCUT2D eigenvalue weighted by atomic mass is 19.4. The molecule has 152 valence electrons. The van der Waals surface area contributed by atoms with Gasteiger partial charge in [-0.3, -0.25) is 5.32 Å². The van der Waals surface area contributed by atoms with Crippen LogP contribution in [0.4, 0.5) is 22.8 Å². The molecule has 0 atom stereocenters. The van der Waals surface area contributed by atoms with Crippen molar-refractivity contribution in [2.45, 2.75) is 32.4 Å². The SMILES string of the molecule is CCCc1c(OCCCN2CNC(=O)NC2=O)ccc2c(C(F)(F)F)noc12. The molecule has 1 aliphatic heterocycles. The number of fused-ring (bicyclic) bond motifs is 1. The minimum absolute atomic E-state index is 0.0739. The van der Waals surface area contributed by atoms with E-state index in [-0.39, 0.29) is 24.2 Å². The van der Waals surface area contributed by atoms with Gasteiger partial charge in [0.1, 0.15) is 5.75 Å². The van der Waals surface area contributed by atoms with Gasteiger partial charge >= 0.3 is 18.2 Å². The number of hydrogen-bond acceptors (Lipinski definition) is 5. The van der Waals surface area contributed by atoms with Gasteiger partial charge in [-0.05, 0) is 25.0 Å². The molecule has 1 saturated heterocycles. The molecule has 0 saturated carbocycles. The number of ether oxygens (including phenoxy) is 1. The molecule has 28 heavy (non-hydrogen) atoms. The van der Waals surface area contributed by atoms with E-state index in [9.17, 15) is 22.8 Å². The molecule has 11 heteroatoms. The summed E-state index contributed by atoms with van der Waals surface area (Å²) in [6, 6.07) is 1.74. The summed E-state index contributed by atoms with van der Waals surface area (Å²) < 4.78 is 49.8. The van der Waals surface area contributed by atoms with E-state index in [1.165, 1.54) is 17.0 Å². The fraction of sp³-hybridized carbons (Fsp3) is 0.471. The van der Waals surface area contributed by atoms with Crippen molar-refractivity contribution in [2.75, 3.05) is 19.8 Å². The van der Waals surface area contributed by atoms with E-state index in [0.29, 0.717) is 37.1 Å². The van der Waals surface area contributed by atoms with Crippen LogP contribution in [-0.2, 0) is 12.6 Å². The lowest BCUT2D eigenvalue weighted by molar-refractivity contribution is -0.141. The second-order valence-corrected chi connectivity index (χ2v) is 6.26. The first kappa shape index (κ1) is 19.8. The molecule has 2 aromatic rings. The molecule has 0 radical (unpaired) electrons. The predicted octanol–water partition coefficient (Wildman–Crippen LogP) is 3.26. The summed E-state index contributed by atoms with van der Waals surface area (Å²) in [7, 11) is 0. The topological polar surface area (TPSA) is 96.7 Å². The van der Waals surface area contributed by atoms with Gasteiger partial charge in [0, 0.05) is 12.1 Å². The molecule has 8 nitrogen and oxygen atoms in total. The quantitative estimate of drug-likeness (QED) is 0.696. The Morgan fingerprint density at radius 2 is 2.11 bits per heavy atom. The Balaban J connectivity index is 1.68. The molecular weight excluding hydrogens is 381 g/mol. The lowest BCUT2D eigenvalue weighted by atomic mass is 10.0. The minimum Gasteiger partial charge on any atom is -0.493 e. The minimum atomic E-state index is -4.60. The molecular formula is C17H19F3N4O4. The van der Waals surface area contributed by atoms with Crippen LogP contribution < -0.4 is 15.4 Å². The van der Waals surface area contributed by atoms with Crippen molar-refractivity contribution in [1.29, 1.82) is 0 Å². The van der Waals surface area contributed by atoms with Crippen molar-refractivity contribution in [3.05, 3.63) is 23.4 Å². The van der Waals surface area contributed by atoms with Gasteiger partial charge in [0.2, 0.25) is 0 Å². The van der Waals surface area contributed by atoms with Crippen LogP contribution in [0.25, 0.3) is 11.0 Å². The Bertz CT molecular complexity index is 881. The van der Waals surface area contributed by atoms with Gasteiger partial charge in [-0.15, -0.1) is 0 Å². The van der Waals surface area contributed by atoms with Crippen LogP contribution in [0.5, 0.6) is 5.75 Å². The zero-order chi connectivity index (χ0) is 20.3. The van der Waals surface area contributed by atoms with Crippen molar-refractivity contribution in [2.24, 2.45) is 0 Å². The zero-order valence-electron chi connectivity index (χ0n) is 15.1. The van der Waals surface area contributed by atoms with E-state index in [1.54, 1.807) is 0 Å². The highest BCUT2D eigenvalue weighted by molar-refractivity contribution is 5.95. The fourth-order valence-electron chi connectivity index (χ4n) is 2.94. The van der Waals surface area contributed by atoms with Crippen LogP contribution in [0, 0.1) is 0 Å². The highest BCUT2D eigenvalue weighted by Gasteiger charge is 2.37.